The van der Waals surface area contributed by atoms with Gasteiger partial charge in [0.25, 0.3) is 0 Å². The van der Waals surface area contributed by atoms with Gasteiger partial charge in [-0.05, 0) is 37.8 Å². The Kier molecular flexibility index (Phi) is 6.26. The van der Waals surface area contributed by atoms with Gasteiger partial charge in [0.1, 0.15) is 6.04 Å². The van der Waals surface area contributed by atoms with E-state index in [9.17, 15) is 14.4 Å². The predicted molar refractivity (Wildman–Crippen MR) is 116 cm³/mol. The molecule has 1 heterocycles. The first kappa shape index (κ1) is 20.3. The molecule has 30 heavy (non-hydrogen) atoms. The molecule has 0 spiro atoms. The number of carbonyl (C=O) groups is 3. The Morgan fingerprint density at radius 3 is 2.30 bits per heavy atom. The van der Waals surface area contributed by atoms with Crippen molar-refractivity contribution >= 4 is 23.3 Å². The first-order valence-electron chi connectivity index (χ1n) is 10.9. The number of ketones is 1. The van der Waals surface area contributed by atoms with Gasteiger partial charge in [-0.3, -0.25) is 14.4 Å². The van der Waals surface area contributed by atoms with Gasteiger partial charge in [-0.15, -0.1) is 0 Å². The Bertz CT molecular complexity index is 919. The summed E-state index contributed by atoms with van der Waals surface area (Å²) in [5, 5.41) is 2.93. The van der Waals surface area contributed by atoms with Gasteiger partial charge in [0.05, 0.1) is 0 Å². The van der Waals surface area contributed by atoms with Gasteiger partial charge in [-0.25, -0.2) is 0 Å². The number of hydrogen-bond donors (Lipinski definition) is 1. The average molecular weight is 405 g/mol. The summed E-state index contributed by atoms with van der Waals surface area (Å²) in [6.07, 6.45) is 6.81. The Morgan fingerprint density at radius 1 is 0.800 bits per heavy atom. The van der Waals surface area contributed by atoms with Crippen molar-refractivity contribution in [2.45, 2.75) is 51.0 Å². The summed E-state index contributed by atoms with van der Waals surface area (Å²) in [4.78, 5) is 40.4. The lowest BCUT2D eigenvalue weighted by Crippen LogP contribution is -2.46. The maximum atomic E-state index is 13.0. The van der Waals surface area contributed by atoms with E-state index >= 15 is 0 Å². The molecule has 1 saturated carbocycles. The third-order valence-corrected chi connectivity index (χ3v) is 6.22. The highest BCUT2D eigenvalue weighted by molar-refractivity contribution is 6.09. The molecule has 5 heteroatoms. The molecule has 0 aromatic heterocycles. The van der Waals surface area contributed by atoms with Crippen molar-refractivity contribution in [3.05, 3.63) is 65.7 Å². The molecule has 1 saturated heterocycles. The molecule has 0 radical (unpaired) electrons. The molecular formula is C25H28N2O3. The number of nitrogens with zero attached hydrogens (tertiary/aromatic N) is 1. The Morgan fingerprint density at radius 2 is 1.53 bits per heavy atom. The number of amides is 2. The van der Waals surface area contributed by atoms with Crippen LogP contribution in [0.5, 0.6) is 0 Å². The molecular weight excluding hydrogens is 376 g/mol. The summed E-state index contributed by atoms with van der Waals surface area (Å²) in [5.74, 6) is -0.0398. The van der Waals surface area contributed by atoms with Crippen molar-refractivity contribution in [1.82, 2.24) is 4.90 Å². The molecule has 0 bridgehead atoms. The van der Waals surface area contributed by atoms with Gasteiger partial charge < -0.3 is 10.2 Å². The van der Waals surface area contributed by atoms with Crippen molar-refractivity contribution in [1.29, 1.82) is 0 Å². The molecule has 2 amide bonds. The lowest BCUT2D eigenvalue weighted by molar-refractivity contribution is -0.141. The number of hydrogen-bond acceptors (Lipinski definition) is 3. The van der Waals surface area contributed by atoms with Crippen LogP contribution in [0.3, 0.4) is 0 Å². The van der Waals surface area contributed by atoms with Gasteiger partial charge in [-0.1, -0.05) is 61.7 Å². The number of benzene rings is 2. The number of nitrogens with one attached hydrogen (secondary N) is 1. The number of carbonyl (C=O) groups excluding carboxylic acids is 3. The van der Waals surface area contributed by atoms with Crippen molar-refractivity contribution < 1.29 is 14.4 Å². The molecule has 2 aromatic rings. The molecule has 2 aliphatic rings. The lowest BCUT2D eigenvalue weighted by atomic mass is 9.88. The highest BCUT2D eigenvalue weighted by Crippen LogP contribution is 2.29. The second kappa shape index (κ2) is 9.24. The molecule has 4 rings (SSSR count). The second-order valence-electron chi connectivity index (χ2n) is 8.29. The van der Waals surface area contributed by atoms with E-state index < -0.39 is 6.04 Å². The van der Waals surface area contributed by atoms with Crippen LogP contribution in [0.25, 0.3) is 0 Å². The molecule has 1 atom stereocenters. The van der Waals surface area contributed by atoms with Crippen LogP contribution in [-0.2, 0) is 9.59 Å². The summed E-state index contributed by atoms with van der Waals surface area (Å²) in [6.45, 7) is 0.653. The molecule has 5 nitrogen and oxygen atoms in total. The molecule has 1 N–H and O–H groups in total. The molecule has 1 aliphatic carbocycles. The van der Waals surface area contributed by atoms with Crippen molar-refractivity contribution in [3.63, 3.8) is 0 Å². The number of anilines is 1. The Balaban J connectivity index is 1.44. The zero-order valence-corrected chi connectivity index (χ0v) is 17.2. The standard InChI is InChI=1S/C25H28N2O3/c28-23(18-9-3-1-4-10-18)20-13-7-14-21(17-20)26-24(29)22-15-8-16-27(22)25(30)19-11-5-2-6-12-19/h1,3-4,7,9-10,13-14,17,19,22H,2,5-6,8,11-12,15-16H2,(H,26,29). The topological polar surface area (TPSA) is 66.5 Å². The Labute approximate surface area is 177 Å². The first-order valence-corrected chi connectivity index (χ1v) is 10.9. The van der Waals surface area contributed by atoms with Crippen LogP contribution < -0.4 is 5.32 Å². The largest absolute Gasteiger partial charge is 0.330 e. The highest BCUT2D eigenvalue weighted by atomic mass is 16.2. The summed E-state index contributed by atoms with van der Waals surface area (Å²) in [6, 6.07) is 15.7. The van der Waals surface area contributed by atoms with Gasteiger partial charge >= 0.3 is 0 Å². The third kappa shape index (κ3) is 4.45. The van der Waals surface area contributed by atoms with Crippen molar-refractivity contribution in [3.8, 4) is 0 Å². The van der Waals surface area contributed by atoms with Crippen LogP contribution in [-0.4, -0.2) is 35.1 Å². The van der Waals surface area contributed by atoms with E-state index in [0.29, 0.717) is 29.8 Å². The zero-order chi connectivity index (χ0) is 20.9. The van der Waals surface area contributed by atoms with Crippen LogP contribution >= 0.6 is 0 Å². The fourth-order valence-corrected chi connectivity index (χ4v) is 4.61. The monoisotopic (exact) mass is 404 g/mol. The van der Waals surface area contributed by atoms with Crippen LogP contribution in [0.1, 0.15) is 60.9 Å². The average Bonchev–Trinajstić information content (AvgIpc) is 3.29. The van der Waals surface area contributed by atoms with E-state index in [2.05, 4.69) is 5.32 Å². The third-order valence-electron chi connectivity index (χ3n) is 6.22. The minimum Gasteiger partial charge on any atom is -0.330 e. The van der Waals surface area contributed by atoms with E-state index in [1.807, 2.05) is 18.2 Å². The second-order valence-corrected chi connectivity index (χ2v) is 8.29. The van der Waals surface area contributed by atoms with E-state index in [1.165, 1.54) is 6.42 Å². The minimum absolute atomic E-state index is 0.0685. The van der Waals surface area contributed by atoms with Gasteiger partial charge in [0.2, 0.25) is 11.8 Å². The predicted octanol–water partition coefficient (Wildman–Crippen LogP) is 4.43. The minimum atomic E-state index is -0.423. The molecule has 2 fully saturated rings. The zero-order valence-electron chi connectivity index (χ0n) is 17.2. The van der Waals surface area contributed by atoms with Crippen molar-refractivity contribution in [2.24, 2.45) is 5.92 Å². The maximum absolute atomic E-state index is 13.0. The normalized spacial score (nSPS) is 19.5. The maximum Gasteiger partial charge on any atom is 0.247 e. The van der Waals surface area contributed by atoms with Gasteiger partial charge in [0.15, 0.2) is 5.78 Å². The fraction of sp³-hybridized carbons (Fsp3) is 0.400. The molecule has 1 aliphatic heterocycles. The molecule has 2 aromatic carbocycles. The smallest absolute Gasteiger partial charge is 0.247 e. The summed E-state index contributed by atoms with van der Waals surface area (Å²) < 4.78 is 0. The number of rotatable bonds is 5. The summed E-state index contributed by atoms with van der Waals surface area (Å²) in [5.41, 5.74) is 1.72. The summed E-state index contributed by atoms with van der Waals surface area (Å²) >= 11 is 0. The fourth-order valence-electron chi connectivity index (χ4n) is 4.61. The van der Waals surface area contributed by atoms with Crippen LogP contribution in [0, 0.1) is 5.92 Å². The highest BCUT2D eigenvalue weighted by Gasteiger charge is 2.37. The van der Waals surface area contributed by atoms with Crippen molar-refractivity contribution in [2.75, 3.05) is 11.9 Å². The number of likely N-dealkylation sites (tertiary alicyclic amines) is 1. The Hall–Kier alpha value is -2.95. The lowest BCUT2D eigenvalue weighted by Gasteiger charge is -2.30. The van der Waals surface area contributed by atoms with Crippen LogP contribution in [0.4, 0.5) is 5.69 Å². The van der Waals surface area contributed by atoms with E-state index in [4.69, 9.17) is 0 Å². The van der Waals surface area contributed by atoms with Gasteiger partial charge in [0, 0.05) is 29.3 Å². The van der Waals surface area contributed by atoms with Crippen LogP contribution in [0.2, 0.25) is 0 Å². The van der Waals surface area contributed by atoms with Crippen LogP contribution in [0.15, 0.2) is 54.6 Å². The van der Waals surface area contributed by atoms with E-state index in [1.54, 1.807) is 41.3 Å². The SMILES string of the molecule is O=C(c1ccccc1)c1cccc(NC(=O)C2CCCN2C(=O)C2CCCCC2)c1. The van der Waals surface area contributed by atoms with E-state index in [-0.39, 0.29) is 23.5 Å². The molecule has 1 unspecified atom stereocenters. The van der Waals surface area contributed by atoms with Gasteiger partial charge in [-0.2, -0.15) is 0 Å². The molecule has 156 valence electrons. The quantitative estimate of drug-likeness (QED) is 0.750. The first-order chi connectivity index (χ1) is 14.6. The summed E-state index contributed by atoms with van der Waals surface area (Å²) in [7, 11) is 0. The van der Waals surface area contributed by atoms with E-state index in [0.717, 1.165) is 32.1 Å².